The van der Waals surface area contributed by atoms with E-state index in [0.29, 0.717) is 10.8 Å². The van der Waals surface area contributed by atoms with Gasteiger partial charge in [-0.3, -0.25) is 0 Å². The zero-order valence-corrected chi connectivity index (χ0v) is 12.0. The second-order valence-electron chi connectivity index (χ2n) is 4.41. The van der Waals surface area contributed by atoms with E-state index in [1.165, 1.54) is 14.2 Å². The molecule has 0 fully saturated rings. The molecule has 0 radical (unpaired) electrons. The van der Waals surface area contributed by atoms with Crippen molar-refractivity contribution in [1.29, 1.82) is 0 Å². The van der Waals surface area contributed by atoms with Crippen LogP contribution in [0.2, 0.25) is 0 Å². The molecule has 0 aromatic heterocycles. The Morgan fingerprint density at radius 1 is 1.06 bits per heavy atom. The minimum Gasteiger partial charge on any atom is -0.355 e. The number of ether oxygens (including phenoxy) is 2. The molecule has 102 valence electrons. The van der Waals surface area contributed by atoms with Crippen molar-refractivity contribution in [2.24, 2.45) is 0 Å². The lowest BCUT2D eigenvalue weighted by molar-refractivity contribution is -0.0851. The predicted octanol–water partition coefficient (Wildman–Crippen LogP) is 2.20. The zero-order valence-electron chi connectivity index (χ0n) is 11.2. The fourth-order valence-electron chi connectivity index (χ4n) is 1.57. The highest BCUT2D eigenvalue weighted by molar-refractivity contribution is 7.91. The summed E-state index contributed by atoms with van der Waals surface area (Å²) in [6, 6.07) is 6.94. The van der Waals surface area contributed by atoms with Gasteiger partial charge in [-0.25, -0.2) is 8.42 Å². The number of methoxy groups -OCH3 is 2. The van der Waals surface area contributed by atoms with Crippen molar-refractivity contribution in [2.75, 3.05) is 20.0 Å². The molecule has 1 aromatic rings. The first-order valence-electron chi connectivity index (χ1n) is 5.79. The van der Waals surface area contributed by atoms with Crippen LogP contribution in [-0.4, -0.2) is 34.7 Å². The van der Waals surface area contributed by atoms with Crippen LogP contribution in [0.15, 0.2) is 29.2 Å². The summed E-state index contributed by atoms with van der Waals surface area (Å²) in [4.78, 5) is 0.297. The van der Waals surface area contributed by atoms with E-state index in [2.05, 4.69) is 13.8 Å². The van der Waals surface area contributed by atoms with Gasteiger partial charge in [-0.2, -0.15) is 0 Å². The van der Waals surface area contributed by atoms with Gasteiger partial charge in [0.25, 0.3) is 0 Å². The smallest absolute Gasteiger partial charge is 0.183 e. The maximum absolute atomic E-state index is 12.1. The van der Waals surface area contributed by atoms with Crippen LogP contribution < -0.4 is 0 Å². The molecule has 4 nitrogen and oxygen atoms in total. The molecule has 0 aliphatic heterocycles. The summed E-state index contributed by atoms with van der Waals surface area (Å²) in [6.45, 7) is 4.13. The third-order valence-corrected chi connectivity index (χ3v) is 4.49. The molecule has 5 heteroatoms. The fraction of sp³-hybridized carbons (Fsp3) is 0.538. The molecule has 0 atom stereocenters. The third-order valence-electron chi connectivity index (χ3n) is 2.79. The molecular weight excluding hydrogens is 252 g/mol. The van der Waals surface area contributed by atoms with Gasteiger partial charge in [0.05, 0.1) is 4.90 Å². The van der Waals surface area contributed by atoms with Gasteiger partial charge in [0.1, 0.15) is 5.75 Å². The zero-order chi connectivity index (χ0) is 13.8. The summed E-state index contributed by atoms with van der Waals surface area (Å²) in [7, 11) is -0.532. The van der Waals surface area contributed by atoms with Crippen LogP contribution in [0.3, 0.4) is 0 Å². The summed E-state index contributed by atoms with van der Waals surface area (Å²) in [5.41, 5.74) is 1.11. The van der Waals surface area contributed by atoms with E-state index in [1.807, 2.05) is 12.1 Å². The van der Waals surface area contributed by atoms with Crippen molar-refractivity contribution in [2.45, 2.75) is 31.0 Å². The first-order chi connectivity index (χ1) is 8.40. The van der Waals surface area contributed by atoms with Crippen molar-refractivity contribution >= 4 is 9.84 Å². The Labute approximate surface area is 109 Å². The number of sulfone groups is 1. The lowest BCUT2D eigenvalue weighted by atomic mass is 10.0. The lowest BCUT2D eigenvalue weighted by Gasteiger charge is -2.14. The van der Waals surface area contributed by atoms with Gasteiger partial charge in [-0.15, -0.1) is 0 Å². The van der Waals surface area contributed by atoms with E-state index in [4.69, 9.17) is 9.47 Å². The van der Waals surface area contributed by atoms with Gasteiger partial charge in [-0.1, -0.05) is 26.0 Å². The summed E-state index contributed by atoms with van der Waals surface area (Å²) in [5.74, 6) is 0.202. The van der Waals surface area contributed by atoms with E-state index in [1.54, 1.807) is 12.1 Å². The number of hydrogen-bond donors (Lipinski definition) is 0. The predicted molar refractivity (Wildman–Crippen MR) is 70.4 cm³/mol. The Hall–Kier alpha value is -0.910. The largest absolute Gasteiger partial charge is 0.355 e. The average molecular weight is 272 g/mol. The highest BCUT2D eigenvalue weighted by Crippen LogP contribution is 2.19. The summed E-state index contributed by atoms with van der Waals surface area (Å²) in [5, 5.41) is 0. The maximum atomic E-state index is 12.1. The summed E-state index contributed by atoms with van der Waals surface area (Å²) >= 11 is 0. The SMILES string of the molecule is COC(CS(=O)(=O)c1ccc(C(C)C)cc1)OC. The van der Waals surface area contributed by atoms with Gasteiger partial charge < -0.3 is 9.47 Å². The van der Waals surface area contributed by atoms with E-state index in [9.17, 15) is 8.42 Å². The molecule has 0 saturated carbocycles. The molecule has 0 aliphatic carbocycles. The lowest BCUT2D eigenvalue weighted by Crippen LogP contribution is -2.24. The molecule has 0 amide bonds. The molecule has 18 heavy (non-hydrogen) atoms. The Morgan fingerprint density at radius 3 is 1.94 bits per heavy atom. The Morgan fingerprint density at radius 2 is 1.56 bits per heavy atom. The molecule has 0 bridgehead atoms. The molecule has 0 saturated heterocycles. The maximum Gasteiger partial charge on any atom is 0.183 e. The molecule has 1 aromatic carbocycles. The Bertz CT molecular complexity index is 458. The Kier molecular flexibility index (Phi) is 5.31. The van der Waals surface area contributed by atoms with Crippen LogP contribution in [0.4, 0.5) is 0 Å². The van der Waals surface area contributed by atoms with Crippen LogP contribution in [0.25, 0.3) is 0 Å². The minimum atomic E-state index is -3.38. The standard InChI is InChI=1S/C13H20O4S/c1-10(2)11-5-7-12(8-6-11)18(14,15)9-13(16-3)17-4/h5-8,10,13H,9H2,1-4H3. The van der Waals surface area contributed by atoms with Gasteiger partial charge in [0, 0.05) is 14.2 Å². The quantitative estimate of drug-likeness (QED) is 0.745. The van der Waals surface area contributed by atoms with Gasteiger partial charge in [0.2, 0.25) is 0 Å². The number of benzene rings is 1. The normalized spacial score (nSPS) is 12.3. The van der Waals surface area contributed by atoms with Gasteiger partial charge >= 0.3 is 0 Å². The van der Waals surface area contributed by atoms with Crippen molar-refractivity contribution in [1.82, 2.24) is 0 Å². The molecule has 1 rings (SSSR count). The molecule has 0 unspecified atom stereocenters. The number of rotatable bonds is 6. The highest BCUT2D eigenvalue weighted by atomic mass is 32.2. The molecule has 0 spiro atoms. The van der Waals surface area contributed by atoms with Crippen LogP contribution in [0.1, 0.15) is 25.3 Å². The van der Waals surface area contributed by atoms with Gasteiger partial charge in [-0.05, 0) is 23.6 Å². The van der Waals surface area contributed by atoms with Crippen molar-refractivity contribution in [3.8, 4) is 0 Å². The van der Waals surface area contributed by atoms with Crippen molar-refractivity contribution in [3.05, 3.63) is 29.8 Å². The first-order valence-corrected chi connectivity index (χ1v) is 7.44. The minimum absolute atomic E-state index is 0.180. The fourth-order valence-corrected chi connectivity index (χ4v) is 2.94. The van der Waals surface area contributed by atoms with Crippen LogP contribution >= 0.6 is 0 Å². The first kappa shape index (κ1) is 15.1. The molecule has 0 aliphatic rings. The monoisotopic (exact) mass is 272 g/mol. The molecule has 0 N–H and O–H groups in total. The topological polar surface area (TPSA) is 52.6 Å². The van der Waals surface area contributed by atoms with Crippen LogP contribution in [0.5, 0.6) is 0 Å². The second kappa shape index (κ2) is 6.31. The van der Waals surface area contributed by atoms with Crippen LogP contribution in [0, 0.1) is 0 Å². The molecular formula is C13H20O4S. The second-order valence-corrected chi connectivity index (χ2v) is 6.44. The van der Waals surface area contributed by atoms with Crippen LogP contribution in [-0.2, 0) is 19.3 Å². The summed E-state index contributed by atoms with van der Waals surface area (Å²) in [6.07, 6.45) is -0.736. The average Bonchev–Trinajstić information content (AvgIpc) is 2.36. The van der Waals surface area contributed by atoms with E-state index in [-0.39, 0.29) is 5.75 Å². The molecule has 0 heterocycles. The van der Waals surface area contributed by atoms with Gasteiger partial charge in [0.15, 0.2) is 16.1 Å². The van der Waals surface area contributed by atoms with Crippen molar-refractivity contribution in [3.63, 3.8) is 0 Å². The Balaban J connectivity index is 2.91. The van der Waals surface area contributed by atoms with E-state index >= 15 is 0 Å². The summed E-state index contributed by atoms with van der Waals surface area (Å²) < 4.78 is 34.0. The third kappa shape index (κ3) is 3.80. The van der Waals surface area contributed by atoms with E-state index < -0.39 is 16.1 Å². The highest BCUT2D eigenvalue weighted by Gasteiger charge is 2.20. The van der Waals surface area contributed by atoms with Crippen molar-refractivity contribution < 1.29 is 17.9 Å². The van der Waals surface area contributed by atoms with E-state index in [0.717, 1.165) is 5.56 Å². The number of hydrogen-bond acceptors (Lipinski definition) is 4.